The highest BCUT2D eigenvalue weighted by Crippen LogP contribution is 2.21. The van der Waals surface area contributed by atoms with Crippen molar-refractivity contribution in [2.24, 2.45) is 0 Å². The summed E-state index contributed by atoms with van der Waals surface area (Å²) in [4.78, 5) is 25.8. The second-order valence-corrected chi connectivity index (χ2v) is 9.64. The van der Waals surface area contributed by atoms with E-state index in [9.17, 15) is 18.0 Å². The van der Waals surface area contributed by atoms with E-state index in [0.717, 1.165) is 11.8 Å². The normalized spacial score (nSPS) is 11.8. The molecule has 2 amide bonds. The van der Waals surface area contributed by atoms with Crippen LogP contribution in [-0.2, 0) is 10.0 Å². The van der Waals surface area contributed by atoms with Crippen LogP contribution in [0.15, 0.2) is 91.5 Å². The molecule has 0 aliphatic rings. The first kappa shape index (κ1) is 24.7. The number of sulfonamides is 1. The van der Waals surface area contributed by atoms with Crippen LogP contribution in [-0.4, -0.2) is 33.0 Å². The van der Waals surface area contributed by atoms with Crippen LogP contribution in [0.4, 0.5) is 11.4 Å². The molecule has 0 fully saturated rings. The van der Waals surface area contributed by atoms with Gasteiger partial charge in [-0.3, -0.25) is 13.9 Å². The number of anilines is 2. The highest BCUT2D eigenvalue weighted by atomic mass is 32.2. The maximum atomic E-state index is 12.9. The molecule has 1 atom stereocenters. The third-order valence-corrected chi connectivity index (χ3v) is 6.34. The number of carbonyl (C=O) groups is 2. The topological polar surface area (TPSA) is 95.6 Å². The molecular formula is C26H27N3O4S. The van der Waals surface area contributed by atoms with E-state index < -0.39 is 15.9 Å². The van der Waals surface area contributed by atoms with E-state index in [1.54, 1.807) is 36.4 Å². The molecule has 0 aliphatic carbocycles. The van der Waals surface area contributed by atoms with Gasteiger partial charge in [0.15, 0.2) is 0 Å². The van der Waals surface area contributed by atoms with Crippen molar-refractivity contribution in [1.29, 1.82) is 0 Å². The number of nitrogens with one attached hydrogen (secondary N) is 2. The molecule has 0 heterocycles. The van der Waals surface area contributed by atoms with Gasteiger partial charge in [-0.2, -0.15) is 0 Å². The molecule has 7 nitrogen and oxygen atoms in total. The number of hydrogen-bond donors (Lipinski definition) is 2. The average molecular weight is 478 g/mol. The summed E-state index contributed by atoms with van der Waals surface area (Å²) in [5.74, 6) is -0.728. The molecule has 0 radical (unpaired) electrons. The Bertz CT molecular complexity index is 1270. The number of para-hydroxylation sites is 1. The van der Waals surface area contributed by atoms with Gasteiger partial charge < -0.3 is 10.6 Å². The van der Waals surface area contributed by atoms with Crippen molar-refractivity contribution in [2.45, 2.75) is 13.0 Å². The third kappa shape index (κ3) is 6.11. The molecule has 0 unspecified atom stereocenters. The Morgan fingerprint density at radius 3 is 2.18 bits per heavy atom. The van der Waals surface area contributed by atoms with Gasteiger partial charge in [0.25, 0.3) is 11.8 Å². The second-order valence-electron chi connectivity index (χ2n) is 7.74. The number of amides is 2. The van der Waals surface area contributed by atoms with Crippen LogP contribution < -0.4 is 14.9 Å². The zero-order valence-electron chi connectivity index (χ0n) is 19.1. The quantitative estimate of drug-likeness (QED) is 0.447. The van der Waals surface area contributed by atoms with Crippen molar-refractivity contribution in [3.8, 4) is 0 Å². The van der Waals surface area contributed by atoms with Gasteiger partial charge in [0.2, 0.25) is 10.0 Å². The maximum absolute atomic E-state index is 12.9. The fourth-order valence-corrected chi connectivity index (χ4v) is 4.29. The van der Waals surface area contributed by atoms with E-state index >= 15 is 0 Å². The summed E-state index contributed by atoms with van der Waals surface area (Å²) in [7, 11) is -3.49. The van der Waals surface area contributed by atoms with Crippen LogP contribution in [0.25, 0.3) is 0 Å². The predicted octanol–water partition coefficient (Wildman–Crippen LogP) is 4.38. The lowest BCUT2D eigenvalue weighted by atomic mass is 10.1. The zero-order chi connectivity index (χ0) is 24.7. The first-order chi connectivity index (χ1) is 16.2. The van der Waals surface area contributed by atoms with Crippen LogP contribution in [0, 0.1) is 0 Å². The van der Waals surface area contributed by atoms with Gasteiger partial charge in [-0.1, -0.05) is 48.5 Å². The van der Waals surface area contributed by atoms with E-state index in [2.05, 4.69) is 17.2 Å². The van der Waals surface area contributed by atoms with Crippen LogP contribution in [0.5, 0.6) is 0 Å². The van der Waals surface area contributed by atoms with E-state index in [1.807, 2.05) is 37.3 Å². The summed E-state index contributed by atoms with van der Waals surface area (Å²) >= 11 is 0. The van der Waals surface area contributed by atoms with Gasteiger partial charge in [-0.15, -0.1) is 6.58 Å². The Labute approximate surface area is 200 Å². The standard InChI is InChI=1S/C26H27N3O4S/c1-4-18-29(34(3,32)33)22-16-14-21(15-17-22)25(30)28-24-13-9-8-12-23(24)26(31)27-19(2)20-10-6-5-7-11-20/h4-17,19H,1,18H2,2-3H3,(H,27,31)(H,28,30)/t19-/m1/s1. The largest absolute Gasteiger partial charge is 0.345 e. The molecule has 3 rings (SSSR count). The number of rotatable bonds is 9. The molecule has 34 heavy (non-hydrogen) atoms. The molecule has 0 saturated heterocycles. The number of nitrogens with zero attached hydrogens (tertiary/aromatic N) is 1. The predicted molar refractivity (Wildman–Crippen MR) is 136 cm³/mol. The third-order valence-electron chi connectivity index (χ3n) is 5.18. The Morgan fingerprint density at radius 1 is 0.941 bits per heavy atom. The molecule has 2 N–H and O–H groups in total. The number of benzene rings is 3. The summed E-state index contributed by atoms with van der Waals surface area (Å²) in [6, 6.07) is 22.3. The van der Waals surface area contributed by atoms with Gasteiger partial charge in [-0.25, -0.2) is 8.42 Å². The highest BCUT2D eigenvalue weighted by Gasteiger charge is 2.18. The molecule has 0 bridgehead atoms. The molecule has 176 valence electrons. The lowest BCUT2D eigenvalue weighted by molar-refractivity contribution is 0.0940. The van der Waals surface area contributed by atoms with E-state index in [0.29, 0.717) is 22.5 Å². The fraction of sp³-hybridized carbons (Fsp3) is 0.154. The van der Waals surface area contributed by atoms with Crippen molar-refractivity contribution < 1.29 is 18.0 Å². The molecule has 8 heteroatoms. The second kappa shape index (κ2) is 10.8. The van der Waals surface area contributed by atoms with Crippen molar-refractivity contribution in [2.75, 3.05) is 22.4 Å². The first-order valence-corrected chi connectivity index (χ1v) is 12.5. The summed E-state index contributed by atoms with van der Waals surface area (Å²) < 4.78 is 25.2. The first-order valence-electron chi connectivity index (χ1n) is 10.7. The molecule has 3 aromatic carbocycles. The fourth-order valence-electron chi connectivity index (χ4n) is 3.41. The van der Waals surface area contributed by atoms with Crippen LogP contribution >= 0.6 is 0 Å². The summed E-state index contributed by atoms with van der Waals surface area (Å²) in [5.41, 5.74) is 2.43. The molecule has 0 aliphatic heterocycles. The molecule has 3 aromatic rings. The van der Waals surface area contributed by atoms with Gasteiger partial charge in [0.05, 0.1) is 35.8 Å². The number of hydrogen-bond acceptors (Lipinski definition) is 4. The zero-order valence-corrected chi connectivity index (χ0v) is 19.9. The number of carbonyl (C=O) groups excluding carboxylic acids is 2. The summed E-state index contributed by atoms with van der Waals surface area (Å²) in [5, 5.41) is 5.73. The SMILES string of the molecule is C=CCN(c1ccc(C(=O)Nc2ccccc2C(=O)N[C@H](C)c2ccccc2)cc1)S(C)(=O)=O. The van der Waals surface area contributed by atoms with Gasteiger partial charge in [0, 0.05) is 5.56 Å². The average Bonchev–Trinajstić information content (AvgIpc) is 2.82. The monoisotopic (exact) mass is 477 g/mol. The Morgan fingerprint density at radius 2 is 1.56 bits per heavy atom. The highest BCUT2D eigenvalue weighted by molar-refractivity contribution is 7.92. The van der Waals surface area contributed by atoms with Crippen LogP contribution in [0.3, 0.4) is 0 Å². The van der Waals surface area contributed by atoms with Crippen LogP contribution in [0.1, 0.15) is 39.2 Å². The van der Waals surface area contributed by atoms with Crippen molar-refractivity contribution in [3.05, 3.63) is 108 Å². The van der Waals surface area contributed by atoms with Crippen molar-refractivity contribution in [1.82, 2.24) is 5.32 Å². The Balaban J connectivity index is 1.75. The smallest absolute Gasteiger partial charge is 0.255 e. The van der Waals surface area contributed by atoms with Crippen molar-refractivity contribution in [3.63, 3.8) is 0 Å². The Hall–Kier alpha value is -3.91. The van der Waals surface area contributed by atoms with E-state index in [1.165, 1.54) is 22.5 Å². The minimum atomic E-state index is -3.49. The minimum Gasteiger partial charge on any atom is -0.345 e. The van der Waals surface area contributed by atoms with Gasteiger partial charge >= 0.3 is 0 Å². The Kier molecular flexibility index (Phi) is 7.86. The minimum absolute atomic E-state index is 0.119. The van der Waals surface area contributed by atoms with Gasteiger partial charge in [0.1, 0.15) is 0 Å². The van der Waals surface area contributed by atoms with E-state index in [-0.39, 0.29) is 18.5 Å². The lowest BCUT2D eigenvalue weighted by Crippen LogP contribution is -2.30. The lowest BCUT2D eigenvalue weighted by Gasteiger charge is -2.21. The summed E-state index contributed by atoms with van der Waals surface area (Å²) in [6.07, 6.45) is 2.60. The summed E-state index contributed by atoms with van der Waals surface area (Å²) in [6.45, 7) is 5.60. The molecule has 0 saturated carbocycles. The van der Waals surface area contributed by atoms with Crippen molar-refractivity contribution >= 4 is 33.2 Å². The molecule has 0 aromatic heterocycles. The van der Waals surface area contributed by atoms with E-state index in [4.69, 9.17) is 0 Å². The molecular weight excluding hydrogens is 450 g/mol. The van der Waals surface area contributed by atoms with Crippen LogP contribution in [0.2, 0.25) is 0 Å². The molecule has 0 spiro atoms. The van der Waals surface area contributed by atoms with Gasteiger partial charge in [-0.05, 0) is 48.9 Å². The maximum Gasteiger partial charge on any atom is 0.255 e.